The van der Waals surface area contributed by atoms with Crippen LogP contribution in [-0.2, 0) is 4.79 Å². The minimum atomic E-state index is -0.918. The molecular formula is C10H16O3. The van der Waals surface area contributed by atoms with Crippen LogP contribution in [0.5, 0.6) is 0 Å². The van der Waals surface area contributed by atoms with E-state index < -0.39 is 11.6 Å². The van der Waals surface area contributed by atoms with Crippen molar-refractivity contribution in [2.45, 2.75) is 32.3 Å². The lowest BCUT2D eigenvalue weighted by Gasteiger charge is -2.16. The maximum absolute atomic E-state index is 10.4. The van der Waals surface area contributed by atoms with Crippen molar-refractivity contribution < 1.29 is 15.0 Å². The molecule has 0 fully saturated rings. The number of carbonyl (C=O) groups is 1. The van der Waals surface area contributed by atoms with E-state index in [-0.39, 0.29) is 0 Å². The molecule has 3 heteroatoms. The van der Waals surface area contributed by atoms with E-state index >= 15 is 0 Å². The molecule has 0 unspecified atom stereocenters. The summed E-state index contributed by atoms with van der Waals surface area (Å²) < 4.78 is 0. The second kappa shape index (κ2) is 4.82. The molecule has 0 aromatic rings. The van der Waals surface area contributed by atoms with Crippen molar-refractivity contribution in [1.29, 1.82) is 0 Å². The van der Waals surface area contributed by atoms with E-state index in [1.807, 2.05) is 0 Å². The van der Waals surface area contributed by atoms with Crippen molar-refractivity contribution >= 4 is 5.97 Å². The van der Waals surface area contributed by atoms with Gasteiger partial charge in [-0.25, -0.2) is 4.79 Å². The van der Waals surface area contributed by atoms with Crippen LogP contribution in [0.1, 0.15) is 26.7 Å². The summed E-state index contributed by atoms with van der Waals surface area (Å²) >= 11 is 0. The van der Waals surface area contributed by atoms with Crippen molar-refractivity contribution in [3.63, 3.8) is 0 Å². The molecule has 0 amide bonds. The maximum atomic E-state index is 10.4. The second-order valence-electron chi connectivity index (χ2n) is 3.29. The predicted octanol–water partition coefficient (Wildman–Crippen LogP) is 1.73. The summed E-state index contributed by atoms with van der Waals surface area (Å²) in [6.45, 7) is 6.65. The summed E-state index contributed by atoms with van der Waals surface area (Å²) in [5.74, 6) is -0.918. The molecule has 0 aromatic carbocycles. The number of hydrogen-bond acceptors (Lipinski definition) is 2. The van der Waals surface area contributed by atoms with E-state index in [2.05, 4.69) is 6.58 Å². The number of aliphatic hydroxyl groups is 1. The molecular weight excluding hydrogens is 168 g/mol. The highest BCUT2D eigenvalue weighted by Crippen LogP contribution is 2.13. The Balaban J connectivity index is 3.99. The molecule has 3 nitrogen and oxygen atoms in total. The van der Waals surface area contributed by atoms with Crippen LogP contribution >= 0.6 is 0 Å². The monoisotopic (exact) mass is 184 g/mol. The number of carboxylic acid groups (broad SMARTS) is 1. The Labute approximate surface area is 78.4 Å². The Hall–Kier alpha value is -1.09. The molecule has 74 valence electrons. The summed E-state index contributed by atoms with van der Waals surface area (Å²) in [6.07, 6.45) is 4.08. The molecule has 0 saturated heterocycles. The molecule has 0 aromatic heterocycles. The molecule has 0 aliphatic heterocycles. The molecule has 13 heavy (non-hydrogen) atoms. The number of hydrogen-bond donors (Lipinski definition) is 2. The van der Waals surface area contributed by atoms with Crippen LogP contribution in [0.4, 0.5) is 0 Å². The molecule has 0 rings (SSSR count). The Bertz CT molecular complexity index is 226. The largest absolute Gasteiger partial charge is 0.478 e. The average Bonchev–Trinajstić information content (AvgIpc) is 2.04. The van der Waals surface area contributed by atoms with Gasteiger partial charge in [-0.05, 0) is 26.7 Å². The van der Waals surface area contributed by atoms with Gasteiger partial charge in [0.25, 0.3) is 0 Å². The highest BCUT2D eigenvalue weighted by atomic mass is 16.4. The van der Waals surface area contributed by atoms with Gasteiger partial charge in [0.2, 0.25) is 0 Å². The SMILES string of the molecule is C=C[C@@](C)(O)CC/C=C(/C)C(=O)O. The minimum absolute atomic E-state index is 0.305. The Morgan fingerprint density at radius 2 is 2.15 bits per heavy atom. The quantitative estimate of drug-likeness (QED) is 0.505. The van der Waals surface area contributed by atoms with Crippen LogP contribution in [0.2, 0.25) is 0 Å². The summed E-state index contributed by atoms with van der Waals surface area (Å²) in [6, 6.07) is 0. The maximum Gasteiger partial charge on any atom is 0.330 e. The van der Waals surface area contributed by atoms with E-state index in [0.29, 0.717) is 18.4 Å². The van der Waals surface area contributed by atoms with Crippen molar-refractivity contribution in [3.8, 4) is 0 Å². The first-order valence-electron chi connectivity index (χ1n) is 4.15. The van der Waals surface area contributed by atoms with E-state index in [9.17, 15) is 9.90 Å². The number of aliphatic carboxylic acids is 1. The number of allylic oxidation sites excluding steroid dienone is 1. The van der Waals surface area contributed by atoms with Crippen LogP contribution in [0.15, 0.2) is 24.3 Å². The number of carboxylic acids is 1. The van der Waals surface area contributed by atoms with Gasteiger partial charge in [-0.15, -0.1) is 6.58 Å². The van der Waals surface area contributed by atoms with Gasteiger partial charge in [0.15, 0.2) is 0 Å². The highest BCUT2D eigenvalue weighted by Gasteiger charge is 2.13. The van der Waals surface area contributed by atoms with Crippen molar-refractivity contribution in [2.24, 2.45) is 0 Å². The molecule has 0 bridgehead atoms. The van der Waals surface area contributed by atoms with Crippen molar-refractivity contribution in [2.75, 3.05) is 0 Å². The first kappa shape index (κ1) is 11.9. The first-order chi connectivity index (χ1) is 5.89. The highest BCUT2D eigenvalue weighted by molar-refractivity contribution is 5.85. The second-order valence-corrected chi connectivity index (χ2v) is 3.29. The summed E-state index contributed by atoms with van der Waals surface area (Å²) in [5.41, 5.74) is -0.602. The fourth-order valence-corrected chi connectivity index (χ4v) is 0.770. The van der Waals surface area contributed by atoms with Crippen molar-refractivity contribution in [3.05, 3.63) is 24.3 Å². The van der Waals surface area contributed by atoms with E-state index in [0.717, 1.165) is 0 Å². The van der Waals surface area contributed by atoms with E-state index in [4.69, 9.17) is 5.11 Å². The van der Waals surface area contributed by atoms with Crippen LogP contribution < -0.4 is 0 Å². The Kier molecular flexibility index (Phi) is 4.42. The molecule has 1 atom stereocenters. The van der Waals surface area contributed by atoms with Gasteiger partial charge in [0.05, 0.1) is 5.60 Å². The third kappa shape index (κ3) is 5.20. The summed E-state index contributed by atoms with van der Waals surface area (Å²) in [4.78, 5) is 10.4. The Morgan fingerprint density at radius 3 is 2.54 bits per heavy atom. The molecule has 2 N–H and O–H groups in total. The van der Waals surface area contributed by atoms with Gasteiger partial charge in [0.1, 0.15) is 0 Å². The van der Waals surface area contributed by atoms with Gasteiger partial charge in [-0.3, -0.25) is 0 Å². The predicted molar refractivity (Wildman–Crippen MR) is 51.4 cm³/mol. The van der Waals surface area contributed by atoms with Gasteiger partial charge in [-0.1, -0.05) is 12.2 Å². The van der Waals surface area contributed by atoms with Crippen molar-refractivity contribution in [1.82, 2.24) is 0 Å². The standard InChI is InChI=1S/C10H16O3/c1-4-10(3,13)7-5-6-8(2)9(11)12/h4,6,13H,1,5,7H2,2-3H3,(H,11,12)/b8-6-/t10-/m1/s1. The average molecular weight is 184 g/mol. The third-order valence-electron chi connectivity index (χ3n) is 1.88. The molecule has 0 saturated carbocycles. The fraction of sp³-hybridized carbons (Fsp3) is 0.500. The zero-order valence-corrected chi connectivity index (χ0v) is 8.08. The lowest BCUT2D eigenvalue weighted by molar-refractivity contribution is -0.132. The topological polar surface area (TPSA) is 57.5 Å². The Morgan fingerprint density at radius 1 is 1.62 bits per heavy atom. The smallest absolute Gasteiger partial charge is 0.330 e. The third-order valence-corrected chi connectivity index (χ3v) is 1.88. The molecule has 0 spiro atoms. The lowest BCUT2D eigenvalue weighted by atomic mass is 10.00. The normalized spacial score (nSPS) is 16.4. The van der Waals surface area contributed by atoms with Crippen LogP contribution in [0.3, 0.4) is 0 Å². The number of rotatable bonds is 5. The van der Waals surface area contributed by atoms with Crippen LogP contribution in [0.25, 0.3) is 0 Å². The minimum Gasteiger partial charge on any atom is -0.478 e. The molecule has 0 aliphatic carbocycles. The van der Waals surface area contributed by atoms with Gasteiger partial charge >= 0.3 is 5.97 Å². The zero-order chi connectivity index (χ0) is 10.5. The van der Waals surface area contributed by atoms with Gasteiger partial charge in [0, 0.05) is 5.57 Å². The molecule has 0 heterocycles. The van der Waals surface area contributed by atoms with E-state index in [1.165, 1.54) is 13.0 Å². The zero-order valence-electron chi connectivity index (χ0n) is 8.08. The molecule has 0 aliphatic rings. The fourth-order valence-electron chi connectivity index (χ4n) is 0.770. The van der Waals surface area contributed by atoms with Gasteiger partial charge in [-0.2, -0.15) is 0 Å². The summed E-state index contributed by atoms with van der Waals surface area (Å²) in [5, 5.41) is 18.0. The summed E-state index contributed by atoms with van der Waals surface area (Å²) in [7, 11) is 0. The van der Waals surface area contributed by atoms with Crippen LogP contribution in [-0.4, -0.2) is 21.8 Å². The van der Waals surface area contributed by atoms with E-state index in [1.54, 1.807) is 13.0 Å². The van der Waals surface area contributed by atoms with Gasteiger partial charge < -0.3 is 10.2 Å². The van der Waals surface area contributed by atoms with Crippen LogP contribution in [0, 0.1) is 0 Å². The first-order valence-corrected chi connectivity index (χ1v) is 4.15. The lowest BCUT2D eigenvalue weighted by Crippen LogP contribution is -2.19. The molecule has 0 radical (unpaired) electrons.